The van der Waals surface area contributed by atoms with Gasteiger partial charge in [-0.15, -0.1) is 0 Å². The van der Waals surface area contributed by atoms with Gasteiger partial charge in [0.05, 0.1) is 6.61 Å². The Bertz CT molecular complexity index is 182. The van der Waals surface area contributed by atoms with E-state index >= 15 is 0 Å². The van der Waals surface area contributed by atoms with Crippen LogP contribution >= 0.6 is 0 Å². The fraction of sp³-hybridized carbons (Fsp3) is 0.900. The molecule has 1 fully saturated rings. The van der Waals surface area contributed by atoms with Gasteiger partial charge in [-0.2, -0.15) is 0 Å². The van der Waals surface area contributed by atoms with Gasteiger partial charge in [0.15, 0.2) is 0 Å². The molecule has 0 radical (unpaired) electrons. The van der Waals surface area contributed by atoms with E-state index in [0.29, 0.717) is 19.8 Å². The van der Waals surface area contributed by atoms with Crippen molar-refractivity contribution < 1.29 is 14.3 Å². The maximum Gasteiger partial charge on any atom is 0.407 e. The lowest BCUT2D eigenvalue weighted by Crippen LogP contribution is -2.42. The molecule has 0 aromatic carbocycles. The normalized spacial score (nSPS) is 21.0. The summed E-state index contributed by atoms with van der Waals surface area (Å²) in [7, 11) is 0. The lowest BCUT2D eigenvalue weighted by molar-refractivity contribution is -0.0121. The molecule has 0 aromatic rings. The summed E-state index contributed by atoms with van der Waals surface area (Å²) >= 11 is 0. The molecule has 0 aromatic heterocycles. The highest BCUT2D eigenvalue weighted by Crippen LogP contribution is 1.96. The summed E-state index contributed by atoms with van der Waals surface area (Å²) in [5.74, 6) is 0. The lowest BCUT2D eigenvalue weighted by atomic mass is 10.3. The highest BCUT2D eigenvalue weighted by Gasteiger charge is 2.15. The van der Waals surface area contributed by atoms with Crippen molar-refractivity contribution >= 4 is 6.09 Å². The van der Waals surface area contributed by atoms with Gasteiger partial charge in [-0.1, -0.05) is 13.3 Å². The molecule has 5 nitrogen and oxygen atoms in total. The van der Waals surface area contributed by atoms with E-state index in [-0.39, 0.29) is 12.2 Å². The maximum atomic E-state index is 11.2. The first kappa shape index (κ1) is 12.3. The Morgan fingerprint density at radius 3 is 3.20 bits per heavy atom. The predicted octanol–water partition coefficient (Wildman–Crippen LogP) is 0.501. The van der Waals surface area contributed by atoms with Crippen LogP contribution in [0, 0.1) is 0 Å². The fourth-order valence-electron chi connectivity index (χ4n) is 1.31. The van der Waals surface area contributed by atoms with E-state index in [2.05, 4.69) is 17.6 Å². The number of carbonyl (C=O) groups excluding carboxylic acids is 1. The molecule has 1 saturated heterocycles. The van der Waals surface area contributed by atoms with Crippen LogP contribution in [-0.2, 0) is 9.47 Å². The van der Waals surface area contributed by atoms with E-state index in [1.165, 1.54) is 0 Å². The van der Waals surface area contributed by atoms with Gasteiger partial charge in [-0.25, -0.2) is 4.79 Å². The molecule has 1 aliphatic heterocycles. The summed E-state index contributed by atoms with van der Waals surface area (Å²) in [5.41, 5.74) is 0. The van der Waals surface area contributed by atoms with Crippen molar-refractivity contribution in [3.8, 4) is 0 Å². The first-order chi connectivity index (χ1) is 7.33. The first-order valence-electron chi connectivity index (χ1n) is 5.56. The van der Waals surface area contributed by atoms with Crippen molar-refractivity contribution in [2.45, 2.75) is 25.9 Å². The fourth-order valence-corrected chi connectivity index (χ4v) is 1.31. The summed E-state index contributed by atoms with van der Waals surface area (Å²) < 4.78 is 10.4. The van der Waals surface area contributed by atoms with Crippen LogP contribution in [0.2, 0.25) is 0 Å². The van der Waals surface area contributed by atoms with Gasteiger partial charge in [0.25, 0.3) is 0 Å². The van der Waals surface area contributed by atoms with Crippen LogP contribution in [-0.4, -0.2) is 45.0 Å². The molecule has 0 aliphatic carbocycles. The van der Waals surface area contributed by atoms with Crippen molar-refractivity contribution in [2.24, 2.45) is 0 Å². The molecule has 1 unspecified atom stereocenters. The second kappa shape index (κ2) is 7.48. The average Bonchev–Trinajstić information content (AvgIpc) is 2.28. The number of rotatable bonds is 5. The number of nitrogens with one attached hydrogen (secondary N) is 2. The Hall–Kier alpha value is -0.810. The van der Waals surface area contributed by atoms with Gasteiger partial charge in [-0.3, -0.25) is 0 Å². The number of amides is 1. The molecule has 0 spiro atoms. The van der Waals surface area contributed by atoms with E-state index in [1.807, 2.05) is 0 Å². The number of hydrogen-bond donors (Lipinski definition) is 2. The van der Waals surface area contributed by atoms with Gasteiger partial charge >= 0.3 is 6.09 Å². The number of alkyl carbamates (subject to hydrolysis) is 1. The van der Waals surface area contributed by atoms with Gasteiger partial charge in [0.2, 0.25) is 0 Å². The molecule has 1 aliphatic rings. The SMILES string of the molecule is CCCCNC(=O)OCC1CNCCO1. The number of unbranched alkanes of at least 4 members (excludes halogenated alkanes) is 1. The molecular weight excluding hydrogens is 196 g/mol. The topological polar surface area (TPSA) is 59.6 Å². The van der Waals surface area contributed by atoms with E-state index in [1.54, 1.807) is 0 Å². The molecule has 1 atom stereocenters. The third kappa shape index (κ3) is 5.59. The summed E-state index contributed by atoms with van der Waals surface area (Å²) in [6, 6.07) is 0. The lowest BCUT2D eigenvalue weighted by Gasteiger charge is -2.23. The summed E-state index contributed by atoms with van der Waals surface area (Å²) in [4.78, 5) is 11.2. The quantitative estimate of drug-likeness (QED) is 0.657. The van der Waals surface area contributed by atoms with Crippen molar-refractivity contribution in [1.82, 2.24) is 10.6 Å². The predicted molar refractivity (Wildman–Crippen MR) is 56.9 cm³/mol. The highest BCUT2D eigenvalue weighted by atomic mass is 16.6. The zero-order valence-corrected chi connectivity index (χ0v) is 9.25. The Morgan fingerprint density at radius 1 is 1.67 bits per heavy atom. The number of morpholine rings is 1. The molecule has 0 bridgehead atoms. The van der Waals surface area contributed by atoms with Crippen LogP contribution < -0.4 is 10.6 Å². The Balaban J connectivity index is 2.00. The highest BCUT2D eigenvalue weighted by molar-refractivity contribution is 5.67. The third-order valence-corrected chi connectivity index (χ3v) is 2.20. The van der Waals surface area contributed by atoms with E-state index in [9.17, 15) is 4.79 Å². The van der Waals surface area contributed by atoms with Crippen LogP contribution in [0.15, 0.2) is 0 Å². The molecule has 1 rings (SSSR count). The second-order valence-corrected chi connectivity index (χ2v) is 3.58. The van der Waals surface area contributed by atoms with E-state index < -0.39 is 0 Å². The van der Waals surface area contributed by atoms with Crippen molar-refractivity contribution in [1.29, 1.82) is 0 Å². The average molecular weight is 216 g/mol. The molecule has 2 N–H and O–H groups in total. The van der Waals surface area contributed by atoms with Gasteiger partial charge < -0.3 is 20.1 Å². The Labute approximate surface area is 90.5 Å². The van der Waals surface area contributed by atoms with Crippen LogP contribution in [0.5, 0.6) is 0 Å². The molecule has 88 valence electrons. The smallest absolute Gasteiger partial charge is 0.407 e. The number of carbonyl (C=O) groups is 1. The van der Waals surface area contributed by atoms with Gasteiger partial charge in [-0.05, 0) is 6.42 Å². The number of hydrogen-bond acceptors (Lipinski definition) is 4. The summed E-state index contributed by atoms with van der Waals surface area (Å²) in [6.45, 7) is 5.39. The molecule has 5 heteroatoms. The second-order valence-electron chi connectivity index (χ2n) is 3.58. The minimum Gasteiger partial charge on any atom is -0.447 e. The van der Waals surface area contributed by atoms with Crippen molar-refractivity contribution in [2.75, 3.05) is 32.8 Å². The van der Waals surface area contributed by atoms with Crippen LogP contribution in [0.25, 0.3) is 0 Å². The standard InChI is InChI=1S/C10H20N2O3/c1-2-3-4-12-10(13)15-8-9-7-11-5-6-14-9/h9,11H,2-8H2,1H3,(H,12,13). The minimum absolute atomic E-state index is 0.00400. The molecule has 0 saturated carbocycles. The van der Waals surface area contributed by atoms with Gasteiger partial charge in [0.1, 0.15) is 12.7 Å². The van der Waals surface area contributed by atoms with Crippen LogP contribution in [0.4, 0.5) is 4.79 Å². The Morgan fingerprint density at radius 2 is 2.53 bits per heavy atom. The molecule has 1 heterocycles. The van der Waals surface area contributed by atoms with E-state index in [4.69, 9.17) is 9.47 Å². The zero-order chi connectivity index (χ0) is 10.9. The summed E-state index contributed by atoms with van der Waals surface area (Å²) in [6.07, 6.45) is 1.69. The monoisotopic (exact) mass is 216 g/mol. The number of ether oxygens (including phenoxy) is 2. The van der Waals surface area contributed by atoms with Crippen molar-refractivity contribution in [3.63, 3.8) is 0 Å². The minimum atomic E-state index is -0.349. The molecule has 15 heavy (non-hydrogen) atoms. The maximum absolute atomic E-state index is 11.2. The zero-order valence-electron chi connectivity index (χ0n) is 9.25. The first-order valence-corrected chi connectivity index (χ1v) is 5.56. The van der Waals surface area contributed by atoms with Crippen LogP contribution in [0.1, 0.15) is 19.8 Å². The van der Waals surface area contributed by atoms with Crippen LogP contribution in [0.3, 0.4) is 0 Å². The van der Waals surface area contributed by atoms with Crippen molar-refractivity contribution in [3.05, 3.63) is 0 Å². The van der Waals surface area contributed by atoms with Gasteiger partial charge in [0, 0.05) is 19.6 Å². The molecular formula is C10H20N2O3. The largest absolute Gasteiger partial charge is 0.447 e. The van der Waals surface area contributed by atoms with E-state index in [0.717, 1.165) is 25.9 Å². The molecule has 1 amide bonds. The third-order valence-electron chi connectivity index (χ3n) is 2.20. The summed E-state index contributed by atoms with van der Waals surface area (Å²) in [5, 5.41) is 5.86. The Kier molecular flexibility index (Phi) is 6.11.